The van der Waals surface area contributed by atoms with E-state index in [0.717, 1.165) is 0 Å². The van der Waals surface area contributed by atoms with Crippen LogP contribution in [0.3, 0.4) is 0 Å². The zero-order valence-corrected chi connectivity index (χ0v) is 13.8. The third-order valence-corrected chi connectivity index (χ3v) is 4.50. The fourth-order valence-electron chi connectivity index (χ4n) is 1.74. The van der Waals surface area contributed by atoms with Gasteiger partial charge in [0.1, 0.15) is 4.90 Å². The molecule has 0 saturated heterocycles. The minimum absolute atomic E-state index is 0.0574. The molecule has 22 heavy (non-hydrogen) atoms. The molecule has 7 heteroatoms. The van der Waals surface area contributed by atoms with Crippen molar-refractivity contribution < 1.29 is 17.4 Å². The zero-order valence-electron chi connectivity index (χ0n) is 11.4. The van der Waals surface area contributed by atoms with Gasteiger partial charge in [-0.2, -0.15) is 13.7 Å². The first kappa shape index (κ1) is 16.2. The molecule has 0 heterocycles. The summed E-state index contributed by atoms with van der Waals surface area (Å²) in [6, 6.07) is 11.8. The van der Waals surface area contributed by atoms with E-state index in [-0.39, 0.29) is 27.6 Å². The van der Waals surface area contributed by atoms with Crippen molar-refractivity contribution >= 4 is 31.8 Å². The Morgan fingerprint density at radius 2 is 1.95 bits per heavy atom. The van der Waals surface area contributed by atoms with Crippen LogP contribution in [0.1, 0.15) is 22.8 Å². The Balaban J connectivity index is 2.45. The number of benzene rings is 2. The van der Waals surface area contributed by atoms with Gasteiger partial charge in [0.05, 0.1) is 17.2 Å². The van der Waals surface area contributed by atoms with E-state index < -0.39 is 10.1 Å². The normalized spacial score (nSPS) is 10.8. The van der Waals surface area contributed by atoms with Crippen LogP contribution in [0.15, 0.2) is 51.8 Å². The van der Waals surface area contributed by atoms with E-state index in [1.54, 1.807) is 6.07 Å². The molecular formula is C15H10BrNO4S. The molecule has 0 atom stereocenters. The molecule has 0 aromatic heterocycles. The number of carbonyl (C=O) groups is 1. The van der Waals surface area contributed by atoms with Crippen LogP contribution in [0.5, 0.6) is 5.75 Å². The van der Waals surface area contributed by atoms with Crippen LogP contribution in [0.4, 0.5) is 0 Å². The summed E-state index contributed by atoms with van der Waals surface area (Å²) >= 11 is 3.21. The lowest BCUT2D eigenvalue weighted by Gasteiger charge is -2.10. The van der Waals surface area contributed by atoms with Gasteiger partial charge in [0.25, 0.3) is 0 Å². The van der Waals surface area contributed by atoms with E-state index in [9.17, 15) is 13.2 Å². The summed E-state index contributed by atoms with van der Waals surface area (Å²) in [5.41, 5.74) is 0.349. The maximum atomic E-state index is 12.3. The molecule has 112 valence electrons. The largest absolute Gasteiger partial charge is 0.378 e. The van der Waals surface area contributed by atoms with Crippen LogP contribution < -0.4 is 4.18 Å². The molecule has 0 amide bonds. The number of hydrogen-bond donors (Lipinski definition) is 0. The summed E-state index contributed by atoms with van der Waals surface area (Å²) < 4.78 is 30.2. The highest BCUT2D eigenvalue weighted by Crippen LogP contribution is 2.27. The average Bonchev–Trinajstić information content (AvgIpc) is 2.48. The van der Waals surface area contributed by atoms with Crippen molar-refractivity contribution in [1.82, 2.24) is 0 Å². The van der Waals surface area contributed by atoms with Gasteiger partial charge in [0, 0.05) is 4.47 Å². The third kappa shape index (κ3) is 3.53. The van der Waals surface area contributed by atoms with Gasteiger partial charge in [-0.3, -0.25) is 4.79 Å². The Morgan fingerprint density at radius 3 is 2.59 bits per heavy atom. The molecule has 0 bridgehead atoms. The molecule has 0 saturated carbocycles. The van der Waals surface area contributed by atoms with Gasteiger partial charge in [-0.1, -0.05) is 22.0 Å². The van der Waals surface area contributed by atoms with Crippen LogP contribution >= 0.6 is 15.9 Å². The summed E-state index contributed by atoms with van der Waals surface area (Å²) in [6.45, 7) is 1.32. The van der Waals surface area contributed by atoms with E-state index in [4.69, 9.17) is 9.44 Å². The maximum absolute atomic E-state index is 12.3. The number of rotatable bonds is 4. The highest BCUT2D eigenvalue weighted by molar-refractivity contribution is 9.10. The third-order valence-electron chi connectivity index (χ3n) is 2.77. The van der Waals surface area contributed by atoms with Crippen molar-refractivity contribution in [1.29, 1.82) is 5.26 Å². The van der Waals surface area contributed by atoms with Crippen molar-refractivity contribution in [3.05, 3.63) is 58.1 Å². The predicted molar refractivity (Wildman–Crippen MR) is 83.1 cm³/mol. The van der Waals surface area contributed by atoms with E-state index in [1.807, 2.05) is 6.07 Å². The number of ketones is 1. The van der Waals surface area contributed by atoms with Gasteiger partial charge in [0.15, 0.2) is 11.5 Å². The van der Waals surface area contributed by atoms with E-state index in [2.05, 4.69) is 15.9 Å². The van der Waals surface area contributed by atoms with Crippen molar-refractivity contribution in [3.8, 4) is 11.8 Å². The highest BCUT2D eigenvalue weighted by Gasteiger charge is 2.20. The molecule has 0 radical (unpaired) electrons. The fourth-order valence-corrected chi connectivity index (χ4v) is 3.09. The zero-order chi connectivity index (χ0) is 16.3. The first-order chi connectivity index (χ1) is 10.3. The van der Waals surface area contributed by atoms with Crippen LogP contribution in [0, 0.1) is 11.3 Å². The summed E-state index contributed by atoms with van der Waals surface area (Å²) in [7, 11) is -4.13. The molecule has 0 fully saturated rings. The Labute approximate surface area is 136 Å². The second-order valence-corrected chi connectivity index (χ2v) is 6.84. The summed E-state index contributed by atoms with van der Waals surface area (Å²) in [5, 5.41) is 8.83. The summed E-state index contributed by atoms with van der Waals surface area (Å²) in [4.78, 5) is 11.5. The minimum atomic E-state index is -4.13. The number of hydrogen-bond acceptors (Lipinski definition) is 5. The minimum Gasteiger partial charge on any atom is -0.378 e. The van der Waals surface area contributed by atoms with Crippen LogP contribution in [0.2, 0.25) is 0 Å². The van der Waals surface area contributed by atoms with Gasteiger partial charge in [-0.15, -0.1) is 0 Å². The molecule has 2 aromatic carbocycles. The monoisotopic (exact) mass is 379 g/mol. The lowest BCUT2D eigenvalue weighted by Crippen LogP contribution is -2.12. The SMILES string of the molecule is CC(=O)c1cc(Br)ccc1OS(=O)(=O)c1cccc(C#N)c1. The molecular weight excluding hydrogens is 370 g/mol. The summed E-state index contributed by atoms with van der Waals surface area (Å²) in [6.07, 6.45) is 0. The van der Waals surface area contributed by atoms with Crippen LogP contribution in [0.25, 0.3) is 0 Å². The molecule has 0 aliphatic heterocycles. The quantitative estimate of drug-likeness (QED) is 0.600. The highest BCUT2D eigenvalue weighted by atomic mass is 79.9. The molecule has 0 aliphatic rings. The molecule has 0 aliphatic carbocycles. The van der Waals surface area contributed by atoms with Crippen molar-refractivity contribution in [2.24, 2.45) is 0 Å². The second kappa shape index (κ2) is 6.30. The van der Waals surface area contributed by atoms with E-state index in [1.165, 1.54) is 43.3 Å². The number of carbonyl (C=O) groups excluding carboxylic acids is 1. The van der Waals surface area contributed by atoms with Gasteiger partial charge in [-0.05, 0) is 43.3 Å². The first-order valence-corrected chi connectivity index (χ1v) is 8.29. The molecule has 5 nitrogen and oxygen atoms in total. The van der Waals surface area contributed by atoms with Crippen LogP contribution in [-0.4, -0.2) is 14.2 Å². The molecule has 2 aromatic rings. The Kier molecular flexibility index (Phi) is 4.64. The average molecular weight is 380 g/mol. The van der Waals surface area contributed by atoms with Crippen molar-refractivity contribution in [2.45, 2.75) is 11.8 Å². The van der Waals surface area contributed by atoms with E-state index >= 15 is 0 Å². The van der Waals surface area contributed by atoms with Gasteiger partial charge < -0.3 is 4.18 Å². The number of nitrogens with zero attached hydrogens (tertiary/aromatic N) is 1. The van der Waals surface area contributed by atoms with Crippen molar-refractivity contribution in [3.63, 3.8) is 0 Å². The van der Waals surface area contributed by atoms with Gasteiger partial charge >= 0.3 is 10.1 Å². The lowest BCUT2D eigenvalue weighted by molar-refractivity contribution is 0.101. The molecule has 0 unspecified atom stereocenters. The predicted octanol–water partition coefficient (Wildman–Crippen LogP) is 3.29. The smallest absolute Gasteiger partial charge is 0.339 e. The Morgan fingerprint density at radius 1 is 1.23 bits per heavy atom. The molecule has 0 N–H and O–H groups in total. The Bertz CT molecular complexity index is 885. The first-order valence-electron chi connectivity index (χ1n) is 6.08. The standard InChI is InChI=1S/C15H10BrNO4S/c1-10(18)14-8-12(16)5-6-15(14)21-22(19,20)13-4-2-3-11(7-13)9-17/h2-8H,1H3. The van der Waals surface area contributed by atoms with Gasteiger partial charge in [0.2, 0.25) is 0 Å². The second-order valence-electron chi connectivity index (χ2n) is 4.37. The fraction of sp³-hybridized carbons (Fsp3) is 0.0667. The molecule has 2 rings (SSSR count). The van der Waals surface area contributed by atoms with E-state index in [0.29, 0.717) is 4.47 Å². The maximum Gasteiger partial charge on any atom is 0.339 e. The number of Topliss-reactive ketones (excluding diaryl/α,β-unsaturated/α-hetero) is 1. The molecule has 0 spiro atoms. The van der Waals surface area contributed by atoms with Crippen LogP contribution in [-0.2, 0) is 10.1 Å². The lowest BCUT2D eigenvalue weighted by atomic mass is 10.1. The van der Waals surface area contributed by atoms with Gasteiger partial charge in [-0.25, -0.2) is 0 Å². The topological polar surface area (TPSA) is 84.2 Å². The summed E-state index contributed by atoms with van der Waals surface area (Å²) in [5.74, 6) is -0.379. The van der Waals surface area contributed by atoms with Crippen molar-refractivity contribution in [2.75, 3.05) is 0 Å². The number of halogens is 1. The Hall–Kier alpha value is -2.17. The number of nitriles is 1.